The molecule has 0 spiro atoms. The average molecular weight is 390 g/mol. The predicted molar refractivity (Wildman–Crippen MR) is 107 cm³/mol. The molecule has 4 aromatic rings. The Bertz CT molecular complexity index is 1120. The number of rotatable bonds is 7. The van der Waals surface area contributed by atoms with Crippen LogP contribution in [-0.2, 0) is 13.1 Å². The van der Waals surface area contributed by atoms with Gasteiger partial charge < -0.3 is 15.0 Å². The van der Waals surface area contributed by atoms with Gasteiger partial charge in [0.1, 0.15) is 11.4 Å². The molecule has 2 aromatic carbocycles. The third-order valence-corrected chi connectivity index (χ3v) is 4.58. The van der Waals surface area contributed by atoms with Crippen LogP contribution in [0.1, 0.15) is 21.6 Å². The number of para-hydroxylation sites is 1. The summed E-state index contributed by atoms with van der Waals surface area (Å²) in [4.78, 5) is 11.8. The molecular formula is C22H19FN4O2. The van der Waals surface area contributed by atoms with Gasteiger partial charge >= 0.3 is 5.97 Å². The van der Waals surface area contributed by atoms with Crippen LogP contribution in [0.25, 0.3) is 11.5 Å². The Morgan fingerprint density at radius 2 is 1.76 bits per heavy atom. The van der Waals surface area contributed by atoms with Crippen LogP contribution in [0.3, 0.4) is 0 Å². The topological polar surface area (TPSA) is 72.1 Å². The molecule has 2 heterocycles. The van der Waals surface area contributed by atoms with Crippen LogP contribution in [0.15, 0.2) is 79.1 Å². The SMILES string of the molecule is O=C(O)c1cnn(-c2ccccc2)c1-n1cccc1CNCc1ccc(F)cc1. The Labute approximate surface area is 166 Å². The van der Waals surface area contributed by atoms with Gasteiger partial charge in [0.15, 0.2) is 5.82 Å². The van der Waals surface area contributed by atoms with Gasteiger partial charge in [-0.25, -0.2) is 13.9 Å². The number of hydrogen-bond acceptors (Lipinski definition) is 3. The van der Waals surface area contributed by atoms with Crippen molar-refractivity contribution >= 4 is 5.97 Å². The highest BCUT2D eigenvalue weighted by molar-refractivity contribution is 5.91. The molecule has 0 atom stereocenters. The molecule has 0 bridgehead atoms. The van der Waals surface area contributed by atoms with Crippen molar-refractivity contribution in [3.05, 3.63) is 102 Å². The molecule has 29 heavy (non-hydrogen) atoms. The molecular weight excluding hydrogens is 371 g/mol. The highest BCUT2D eigenvalue weighted by atomic mass is 19.1. The molecule has 146 valence electrons. The van der Waals surface area contributed by atoms with E-state index in [9.17, 15) is 14.3 Å². The van der Waals surface area contributed by atoms with E-state index in [2.05, 4.69) is 10.4 Å². The highest BCUT2D eigenvalue weighted by Crippen LogP contribution is 2.22. The zero-order valence-electron chi connectivity index (χ0n) is 15.5. The van der Waals surface area contributed by atoms with Crippen LogP contribution in [0.5, 0.6) is 0 Å². The Balaban J connectivity index is 1.62. The van der Waals surface area contributed by atoms with Gasteiger partial charge in [-0.3, -0.25) is 0 Å². The molecule has 7 heteroatoms. The summed E-state index contributed by atoms with van der Waals surface area (Å²) >= 11 is 0. The molecule has 4 rings (SSSR count). The normalized spacial score (nSPS) is 10.9. The van der Waals surface area contributed by atoms with Gasteiger partial charge in [0.2, 0.25) is 0 Å². The Kier molecular flexibility index (Phi) is 5.22. The lowest BCUT2D eigenvalue weighted by Gasteiger charge is -2.14. The van der Waals surface area contributed by atoms with Crippen molar-refractivity contribution in [2.45, 2.75) is 13.1 Å². The lowest BCUT2D eigenvalue weighted by atomic mass is 10.2. The molecule has 0 aliphatic carbocycles. The van der Waals surface area contributed by atoms with Crippen molar-refractivity contribution in [2.75, 3.05) is 0 Å². The Hall–Kier alpha value is -3.71. The smallest absolute Gasteiger partial charge is 0.341 e. The van der Waals surface area contributed by atoms with Crippen LogP contribution in [0.2, 0.25) is 0 Å². The van der Waals surface area contributed by atoms with Gasteiger partial charge in [0, 0.05) is 25.0 Å². The van der Waals surface area contributed by atoms with E-state index in [-0.39, 0.29) is 11.4 Å². The summed E-state index contributed by atoms with van der Waals surface area (Å²) in [7, 11) is 0. The molecule has 0 saturated carbocycles. The van der Waals surface area contributed by atoms with E-state index in [0.29, 0.717) is 18.9 Å². The van der Waals surface area contributed by atoms with Crippen molar-refractivity contribution in [1.29, 1.82) is 0 Å². The number of nitrogens with one attached hydrogen (secondary N) is 1. The quantitative estimate of drug-likeness (QED) is 0.504. The minimum atomic E-state index is -1.04. The maximum Gasteiger partial charge on any atom is 0.341 e. The lowest BCUT2D eigenvalue weighted by Crippen LogP contribution is -2.17. The summed E-state index contributed by atoms with van der Waals surface area (Å²) in [5.41, 5.74) is 2.73. The summed E-state index contributed by atoms with van der Waals surface area (Å²) in [6, 6.07) is 19.5. The maximum atomic E-state index is 13.0. The standard InChI is InChI=1S/C22H19FN4O2/c23-17-10-8-16(9-11-17)13-24-14-19-7-4-12-26(19)21-20(22(28)29)15-25-27(21)18-5-2-1-3-6-18/h1-12,15,24H,13-14H2,(H,28,29). The fraction of sp³-hybridized carbons (Fsp3) is 0.0909. The Morgan fingerprint density at radius 1 is 1.00 bits per heavy atom. The predicted octanol–water partition coefficient (Wildman–Crippen LogP) is 3.79. The maximum absolute atomic E-state index is 13.0. The summed E-state index contributed by atoms with van der Waals surface area (Å²) in [5, 5.41) is 17.3. The third kappa shape index (κ3) is 3.95. The van der Waals surface area contributed by atoms with Gasteiger partial charge in [-0.1, -0.05) is 30.3 Å². The number of hydrogen-bond donors (Lipinski definition) is 2. The van der Waals surface area contributed by atoms with Crippen molar-refractivity contribution in [3.8, 4) is 11.5 Å². The van der Waals surface area contributed by atoms with Crippen LogP contribution < -0.4 is 5.32 Å². The van der Waals surface area contributed by atoms with Gasteiger partial charge in [-0.15, -0.1) is 0 Å². The second-order valence-electron chi connectivity index (χ2n) is 6.53. The van der Waals surface area contributed by atoms with E-state index >= 15 is 0 Å². The first-order chi connectivity index (χ1) is 14.1. The number of carboxylic acids is 1. The molecule has 2 aromatic heterocycles. The lowest BCUT2D eigenvalue weighted by molar-refractivity contribution is 0.0697. The van der Waals surface area contributed by atoms with Crippen LogP contribution in [0, 0.1) is 5.82 Å². The van der Waals surface area contributed by atoms with Crippen LogP contribution >= 0.6 is 0 Å². The molecule has 0 amide bonds. The van der Waals surface area contributed by atoms with E-state index in [1.165, 1.54) is 18.3 Å². The summed E-state index contributed by atoms with van der Waals surface area (Å²) in [6.07, 6.45) is 3.18. The molecule has 2 N–H and O–H groups in total. The third-order valence-electron chi connectivity index (χ3n) is 4.58. The monoisotopic (exact) mass is 390 g/mol. The zero-order chi connectivity index (χ0) is 20.2. The number of carboxylic acid groups (broad SMARTS) is 1. The molecule has 0 saturated heterocycles. The summed E-state index contributed by atoms with van der Waals surface area (Å²) in [5.74, 6) is -0.841. The van der Waals surface area contributed by atoms with Gasteiger partial charge in [-0.2, -0.15) is 5.10 Å². The van der Waals surface area contributed by atoms with Gasteiger partial charge in [0.25, 0.3) is 0 Å². The second kappa shape index (κ2) is 8.12. The van der Waals surface area contributed by atoms with Crippen molar-refractivity contribution in [2.24, 2.45) is 0 Å². The first-order valence-corrected chi connectivity index (χ1v) is 9.12. The number of carbonyl (C=O) groups is 1. The fourth-order valence-electron chi connectivity index (χ4n) is 3.19. The molecule has 0 unspecified atom stereocenters. The zero-order valence-corrected chi connectivity index (χ0v) is 15.5. The van der Waals surface area contributed by atoms with Gasteiger partial charge in [0.05, 0.1) is 11.9 Å². The van der Waals surface area contributed by atoms with Gasteiger partial charge in [-0.05, 0) is 42.0 Å². The number of benzene rings is 2. The number of aromatic carboxylic acids is 1. The van der Waals surface area contributed by atoms with E-state index in [1.54, 1.807) is 16.8 Å². The van der Waals surface area contributed by atoms with E-state index in [1.807, 2.05) is 53.2 Å². The molecule has 0 fully saturated rings. The van der Waals surface area contributed by atoms with E-state index in [0.717, 1.165) is 16.9 Å². The number of halogens is 1. The minimum Gasteiger partial charge on any atom is -0.477 e. The second-order valence-corrected chi connectivity index (χ2v) is 6.53. The number of nitrogens with zero attached hydrogens (tertiary/aromatic N) is 3. The van der Waals surface area contributed by atoms with E-state index in [4.69, 9.17) is 0 Å². The summed E-state index contributed by atoms with van der Waals surface area (Å²) < 4.78 is 16.5. The molecule has 0 radical (unpaired) electrons. The Morgan fingerprint density at radius 3 is 2.48 bits per heavy atom. The van der Waals surface area contributed by atoms with Crippen molar-refractivity contribution in [1.82, 2.24) is 19.7 Å². The molecule has 6 nitrogen and oxygen atoms in total. The minimum absolute atomic E-state index is 0.116. The molecule has 0 aliphatic heterocycles. The fourth-order valence-corrected chi connectivity index (χ4v) is 3.19. The number of aromatic nitrogens is 3. The average Bonchev–Trinajstić information content (AvgIpc) is 3.36. The molecule has 0 aliphatic rings. The van der Waals surface area contributed by atoms with Crippen LogP contribution in [0.4, 0.5) is 4.39 Å². The van der Waals surface area contributed by atoms with Crippen molar-refractivity contribution in [3.63, 3.8) is 0 Å². The van der Waals surface area contributed by atoms with Crippen LogP contribution in [-0.4, -0.2) is 25.4 Å². The first kappa shape index (κ1) is 18.6. The highest BCUT2D eigenvalue weighted by Gasteiger charge is 2.20. The largest absolute Gasteiger partial charge is 0.477 e. The van der Waals surface area contributed by atoms with Crippen molar-refractivity contribution < 1.29 is 14.3 Å². The van der Waals surface area contributed by atoms with E-state index < -0.39 is 5.97 Å². The summed E-state index contributed by atoms with van der Waals surface area (Å²) in [6.45, 7) is 1.07. The first-order valence-electron chi connectivity index (χ1n) is 9.12.